The predicted molar refractivity (Wildman–Crippen MR) is 66.3 cm³/mol. The SMILES string of the molecule is C=C(C)COOCC(C)(C)COC(=O)C(=C)C. The minimum Gasteiger partial charge on any atom is -0.462 e. The molecule has 4 nitrogen and oxygen atoms in total. The summed E-state index contributed by atoms with van der Waals surface area (Å²) in [6.07, 6.45) is 0. The smallest absolute Gasteiger partial charge is 0.333 e. The van der Waals surface area contributed by atoms with Gasteiger partial charge in [-0.15, -0.1) is 0 Å². The first kappa shape index (κ1) is 15.9. The van der Waals surface area contributed by atoms with Gasteiger partial charge in [0.25, 0.3) is 0 Å². The third-order valence-corrected chi connectivity index (χ3v) is 1.78. The van der Waals surface area contributed by atoms with E-state index in [4.69, 9.17) is 14.5 Å². The van der Waals surface area contributed by atoms with Crippen LogP contribution in [0.1, 0.15) is 27.7 Å². The first-order valence-corrected chi connectivity index (χ1v) is 5.46. The van der Waals surface area contributed by atoms with Gasteiger partial charge in [-0.1, -0.05) is 32.6 Å². The summed E-state index contributed by atoms with van der Waals surface area (Å²) in [4.78, 5) is 21.2. The normalized spacial score (nSPS) is 11.1. The molecule has 0 heterocycles. The first-order chi connectivity index (χ1) is 7.74. The van der Waals surface area contributed by atoms with E-state index in [2.05, 4.69) is 13.2 Å². The molecule has 0 aromatic carbocycles. The first-order valence-electron chi connectivity index (χ1n) is 5.46. The molecular formula is C13H22O4. The fourth-order valence-corrected chi connectivity index (χ4v) is 0.769. The summed E-state index contributed by atoms with van der Waals surface area (Å²) >= 11 is 0. The Kier molecular flexibility index (Phi) is 6.76. The van der Waals surface area contributed by atoms with Crippen LogP contribution in [0.3, 0.4) is 0 Å². The van der Waals surface area contributed by atoms with Gasteiger partial charge in [-0.25, -0.2) is 14.6 Å². The Hall–Kier alpha value is -1.13. The Morgan fingerprint density at radius 3 is 2.18 bits per heavy atom. The summed E-state index contributed by atoms with van der Waals surface area (Å²) in [5.74, 6) is -0.388. The van der Waals surface area contributed by atoms with Gasteiger partial charge in [0, 0.05) is 11.0 Å². The van der Waals surface area contributed by atoms with Gasteiger partial charge in [0.1, 0.15) is 6.61 Å². The van der Waals surface area contributed by atoms with E-state index in [-0.39, 0.29) is 18.0 Å². The molecule has 0 radical (unpaired) electrons. The summed E-state index contributed by atoms with van der Waals surface area (Å²) in [7, 11) is 0. The molecular weight excluding hydrogens is 220 g/mol. The lowest BCUT2D eigenvalue weighted by Crippen LogP contribution is -2.27. The number of carbonyl (C=O) groups is 1. The van der Waals surface area contributed by atoms with Crippen LogP contribution < -0.4 is 0 Å². The molecule has 4 heteroatoms. The molecule has 0 aromatic rings. The summed E-state index contributed by atoms with van der Waals surface area (Å²) in [6, 6.07) is 0. The molecule has 0 spiro atoms. The van der Waals surface area contributed by atoms with Crippen LogP contribution in [-0.2, 0) is 19.3 Å². The monoisotopic (exact) mass is 242 g/mol. The molecule has 0 amide bonds. The van der Waals surface area contributed by atoms with Crippen LogP contribution in [0.25, 0.3) is 0 Å². The highest BCUT2D eigenvalue weighted by atomic mass is 17.2. The van der Waals surface area contributed by atoms with Crippen molar-refractivity contribution in [1.29, 1.82) is 0 Å². The molecule has 0 saturated carbocycles. The third-order valence-electron chi connectivity index (χ3n) is 1.78. The fourth-order valence-electron chi connectivity index (χ4n) is 0.769. The Bertz CT molecular complexity index is 292. The van der Waals surface area contributed by atoms with E-state index in [9.17, 15) is 4.79 Å². The highest BCUT2D eigenvalue weighted by Gasteiger charge is 2.21. The summed E-state index contributed by atoms with van der Waals surface area (Å²) in [5, 5.41) is 0. The molecule has 0 unspecified atom stereocenters. The molecule has 0 saturated heterocycles. The Labute approximate surface area is 103 Å². The van der Waals surface area contributed by atoms with E-state index >= 15 is 0 Å². The predicted octanol–water partition coefficient (Wildman–Crippen LogP) is 2.66. The van der Waals surface area contributed by atoms with E-state index in [1.807, 2.05) is 20.8 Å². The molecule has 0 rings (SSSR count). The van der Waals surface area contributed by atoms with Crippen molar-refractivity contribution in [3.63, 3.8) is 0 Å². The quantitative estimate of drug-likeness (QED) is 0.164. The van der Waals surface area contributed by atoms with Crippen molar-refractivity contribution >= 4 is 5.97 Å². The van der Waals surface area contributed by atoms with E-state index in [1.54, 1.807) is 6.92 Å². The van der Waals surface area contributed by atoms with Crippen LogP contribution in [0.4, 0.5) is 0 Å². The number of hydrogen-bond donors (Lipinski definition) is 0. The fraction of sp³-hybridized carbons (Fsp3) is 0.615. The average Bonchev–Trinajstić information content (AvgIpc) is 2.21. The largest absolute Gasteiger partial charge is 0.462 e. The number of rotatable bonds is 8. The Balaban J connectivity index is 3.83. The van der Waals surface area contributed by atoms with Crippen LogP contribution in [-0.4, -0.2) is 25.8 Å². The molecule has 17 heavy (non-hydrogen) atoms. The third kappa shape index (κ3) is 8.65. The maximum Gasteiger partial charge on any atom is 0.333 e. The van der Waals surface area contributed by atoms with Crippen molar-refractivity contribution in [3.8, 4) is 0 Å². The lowest BCUT2D eigenvalue weighted by Gasteiger charge is -2.23. The van der Waals surface area contributed by atoms with Gasteiger partial charge in [-0.2, -0.15) is 0 Å². The van der Waals surface area contributed by atoms with Gasteiger partial charge in [-0.05, 0) is 13.8 Å². The van der Waals surface area contributed by atoms with Crippen molar-refractivity contribution in [2.24, 2.45) is 5.41 Å². The molecule has 0 aliphatic carbocycles. The van der Waals surface area contributed by atoms with Crippen LogP contribution in [0.15, 0.2) is 24.3 Å². The zero-order chi connectivity index (χ0) is 13.5. The lowest BCUT2D eigenvalue weighted by molar-refractivity contribution is -0.303. The van der Waals surface area contributed by atoms with Gasteiger partial charge in [0.2, 0.25) is 0 Å². The van der Waals surface area contributed by atoms with Gasteiger partial charge in [0.15, 0.2) is 0 Å². The zero-order valence-corrected chi connectivity index (χ0v) is 11.2. The molecule has 0 fully saturated rings. The second kappa shape index (κ2) is 7.25. The van der Waals surface area contributed by atoms with E-state index < -0.39 is 0 Å². The molecule has 0 aliphatic heterocycles. The summed E-state index contributed by atoms with van der Waals surface area (Å²) in [6.45, 7) is 15.5. The number of ether oxygens (including phenoxy) is 1. The number of hydrogen-bond acceptors (Lipinski definition) is 4. The Morgan fingerprint density at radius 2 is 1.71 bits per heavy atom. The zero-order valence-electron chi connectivity index (χ0n) is 11.2. The second-order valence-electron chi connectivity index (χ2n) is 5.00. The van der Waals surface area contributed by atoms with Gasteiger partial charge in [-0.3, -0.25) is 0 Å². The standard InChI is InChI=1S/C13H22O4/c1-10(2)7-16-17-9-13(5,6)8-15-12(14)11(3)4/h1,3,7-9H2,2,4-6H3. The molecule has 0 atom stereocenters. The van der Waals surface area contributed by atoms with Crippen molar-refractivity contribution in [2.75, 3.05) is 19.8 Å². The second-order valence-corrected chi connectivity index (χ2v) is 5.00. The highest BCUT2D eigenvalue weighted by Crippen LogP contribution is 2.16. The summed E-state index contributed by atoms with van der Waals surface area (Å²) < 4.78 is 5.05. The van der Waals surface area contributed by atoms with E-state index in [0.29, 0.717) is 18.8 Å². The minimum atomic E-state index is -0.388. The molecule has 0 aliphatic rings. The van der Waals surface area contributed by atoms with Crippen molar-refractivity contribution < 1.29 is 19.3 Å². The maximum atomic E-state index is 11.2. The number of carbonyl (C=O) groups excluding carboxylic acids is 1. The molecule has 0 aromatic heterocycles. The van der Waals surface area contributed by atoms with Crippen LogP contribution in [0.2, 0.25) is 0 Å². The minimum absolute atomic E-state index is 0.259. The van der Waals surface area contributed by atoms with Crippen LogP contribution >= 0.6 is 0 Å². The molecule has 98 valence electrons. The van der Waals surface area contributed by atoms with Gasteiger partial charge >= 0.3 is 5.97 Å². The van der Waals surface area contributed by atoms with Crippen LogP contribution in [0, 0.1) is 5.41 Å². The van der Waals surface area contributed by atoms with E-state index in [0.717, 1.165) is 5.57 Å². The molecule has 0 N–H and O–H groups in total. The van der Waals surface area contributed by atoms with Crippen molar-refractivity contribution in [2.45, 2.75) is 27.7 Å². The van der Waals surface area contributed by atoms with Gasteiger partial charge < -0.3 is 4.74 Å². The summed E-state index contributed by atoms with van der Waals surface area (Å²) in [5.41, 5.74) is 0.969. The maximum absolute atomic E-state index is 11.2. The average molecular weight is 242 g/mol. The topological polar surface area (TPSA) is 44.8 Å². The van der Waals surface area contributed by atoms with Crippen molar-refractivity contribution in [3.05, 3.63) is 24.3 Å². The number of esters is 1. The van der Waals surface area contributed by atoms with Crippen molar-refractivity contribution in [1.82, 2.24) is 0 Å². The Morgan fingerprint density at radius 1 is 1.12 bits per heavy atom. The highest BCUT2D eigenvalue weighted by molar-refractivity contribution is 5.86. The van der Waals surface area contributed by atoms with E-state index in [1.165, 1.54) is 0 Å². The molecule has 0 bridgehead atoms. The van der Waals surface area contributed by atoms with Gasteiger partial charge in [0.05, 0.1) is 13.2 Å². The lowest BCUT2D eigenvalue weighted by atomic mass is 9.96. The van der Waals surface area contributed by atoms with Crippen LogP contribution in [0.5, 0.6) is 0 Å².